The number of hydroxylamine groups is 1. The number of fused-ring (bicyclic) bond motifs is 6. The van der Waals surface area contributed by atoms with Gasteiger partial charge in [0, 0.05) is 12.5 Å². The van der Waals surface area contributed by atoms with E-state index in [9.17, 15) is 14.4 Å². The average molecular weight is 331 g/mol. The number of amides is 2. The highest BCUT2D eigenvalue weighted by Crippen LogP contribution is 2.49. The van der Waals surface area contributed by atoms with Gasteiger partial charge in [0.25, 0.3) is 0 Å². The molecule has 2 saturated heterocycles. The standard InChI is InChI=1S/C16H17N3O5/c1-8(21)19-13-5-18-12-4-9(6-20)2-3-10(12)11(7-23-16(17)22)15(24-18)14(13)19/h2-4,6,11,13-15H,5,7H2,1H3,(H2,17,22). The second-order valence-electron chi connectivity index (χ2n) is 6.29. The van der Waals surface area contributed by atoms with Crippen molar-refractivity contribution in [1.82, 2.24) is 4.90 Å². The monoisotopic (exact) mass is 331 g/mol. The highest BCUT2D eigenvalue weighted by Gasteiger charge is 2.62. The minimum Gasteiger partial charge on any atom is -0.449 e. The molecule has 0 aromatic heterocycles. The van der Waals surface area contributed by atoms with Crippen molar-refractivity contribution in [2.24, 2.45) is 5.73 Å². The Morgan fingerprint density at radius 3 is 2.92 bits per heavy atom. The van der Waals surface area contributed by atoms with E-state index >= 15 is 0 Å². The fraction of sp³-hybridized carbons (Fsp3) is 0.438. The first-order chi connectivity index (χ1) is 11.5. The van der Waals surface area contributed by atoms with E-state index in [0.29, 0.717) is 12.1 Å². The zero-order valence-electron chi connectivity index (χ0n) is 13.0. The van der Waals surface area contributed by atoms with Crippen LogP contribution in [0.4, 0.5) is 10.5 Å². The van der Waals surface area contributed by atoms with E-state index in [1.54, 1.807) is 22.1 Å². The van der Waals surface area contributed by atoms with Crippen LogP contribution in [0.1, 0.15) is 28.8 Å². The lowest BCUT2D eigenvalue weighted by Crippen LogP contribution is -2.49. The van der Waals surface area contributed by atoms with Crippen molar-refractivity contribution in [1.29, 1.82) is 0 Å². The average Bonchev–Trinajstić information content (AvgIpc) is 3.28. The molecule has 1 aromatic carbocycles. The van der Waals surface area contributed by atoms with Crippen molar-refractivity contribution >= 4 is 24.0 Å². The number of carbonyl (C=O) groups excluding carboxylic acids is 3. The van der Waals surface area contributed by atoms with Gasteiger partial charge >= 0.3 is 6.09 Å². The normalized spacial score (nSPS) is 29.4. The summed E-state index contributed by atoms with van der Waals surface area (Å²) in [5, 5.41) is 1.73. The molecule has 4 rings (SSSR count). The maximum Gasteiger partial charge on any atom is 0.404 e. The van der Waals surface area contributed by atoms with Gasteiger partial charge in [0.15, 0.2) is 0 Å². The van der Waals surface area contributed by atoms with Gasteiger partial charge in [-0.1, -0.05) is 12.1 Å². The van der Waals surface area contributed by atoms with Crippen LogP contribution in [0.2, 0.25) is 0 Å². The molecule has 2 fully saturated rings. The van der Waals surface area contributed by atoms with Crippen LogP contribution >= 0.6 is 0 Å². The minimum absolute atomic E-state index is 0.00504. The summed E-state index contributed by atoms with van der Waals surface area (Å²) in [6.45, 7) is 2.15. The van der Waals surface area contributed by atoms with Gasteiger partial charge in [0.1, 0.15) is 19.0 Å². The van der Waals surface area contributed by atoms with Crippen LogP contribution in [0.3, 0.4) is 0 Å². The van der Waals surface area contributed by atoms with Crippen LogP contribution in [-0.2, 0) is 14.4 Å². The lowest BCUT2D eigenvalue weighted by molar-refractivity contribution is -0.125. The summed E-state index contributed by atoms with van der Waals surface area (Å²) in [4.78, 5) is 41.7. The molecule has 2 N–H and O–H groups in total. The lowest BCUT2D eigenvalue weighted by atomic mass is 9.86. The van der Waals surface area contributed by atoms with Gasteiger partial charge in [-0.15, -0.1) is 0 Å². The molecule has 3 aliphatic rings. The number of hydrogen-bond donors (Lipinski definition) is 1. The molecule has 2 amide bonds. The van der Waals surface area contributed by atoms with Gasteiger partial charge in [-0.3, -0.25) is 19.5 Å². The number of rotatable bonds is 3. The molecule has 1 aromatic rings. The first kappa shape index (κ1) is 14.9. The third-order valence-corrected chi connectivity index (χ3v) is 4.95. The number of hydrogen-bond acceptors (Lipinski definition) is 6. The van der Waals surface area contributed by atoms with Gasteiger partial charge in [-0.2, -0.15) is 0 Å². The molecule has 126 valence electrons. The fourth-order valence-electron chi connectivity index (χ4n) is 3.90. The van der Waals surface area contributed by atoms with Gasteiger partial charge in [0.05, 0.1) is 30.2 Å². The predicted molar refractivity (Wildman–Crippen MR) is 82.4 cm³/mol. The molecule has 0 radical (unpaired) electrons. The molecule has 2 bridgehead atoms. The van der Waals surface area contributed by atoms with E-state index in [1.807, 2.05) is 6.07 Å². The zero-order chi connectivity index (χ0) is 17.0. The van der Waals surface area contributed by atoms with Crippen LogP contribution in [0.5, 0.6) is 0 Å². The van der Waals surface area contributed by atoms with Crippen molar-refractivity contribution in [2.75, 3.05) is 18.2 Å². The van der Waals surface area contributed by atoms with E-state index in [4.69, 9.17) is 15.3 Å². The zero-order valence-corrected chi connectivity index (χ0v) is 13.0. The molecule has 0 saturated carbocycles. The summed E-state index contributed by atoms with van der Waals surface area (Å²) in [5.74, 6) is -0.254. The van der Waals surface area contributed by atoms with Crippen LogP contribution in [0, 0.1) is 0 Å². The lowest BCUT2D eigenvalue weighted by Gasteiger charge is -2.42. The van der Waals surface area contributed by atoms with E-state index in [-0.39, 0.29) is 36.6 Å². The number of carbonyl (C=O) groups is 3. The highest BCUT2D eigenvalue weighted by atomic mass is 16.7. The van der Waals surface area contributed by atoms with E-state index < -0.39 is 6.09 Å². The van der Waals surface area contributed by atoms with Gasteiger partial charge in [-0.25, -0.2) is 4.79 Å². The van der Waals surface area contributed by atoms with Crippen molar-refractivity contribution in [3.05, 3.63) is 29.3 Å². The second kappa shape index (κ2) is 5.20. The molecule has 4 atom stereocenters. The van der Waals surface area contributed by atoms with Gasteiger partial charge in [0.2, 0.25) is 5.91 Å². The van der Waals surface area contributed by atoms with Gasteiger partial charge < -0.3 is 15.4 Å². The Morgan fingerprint density at radius 2 is 2.25 bits per heavy atom. The van der Waals surface area contributed by atoms with Crippen molar-refractivity contribution < 1.29 is 24.0 Å². The van der Waals surface area contributed by atoms with Crippen molar-refractivity contribution in [3.8, 4) is 0 Å². The first-order valence-electron chi connectivity index (χ1n) is 7.76. The number of nitrogens with zero attached hydrogens (tertiary/aromatic N) is 2. The van der Waals surface area contributed by atoms with Crippen LogP contribution < -0.4 is 10.8 Å². The van der Waals surface area contributed by atoms with Crippen LogP contribution in [0.25, 0.3) is 0 Å². The first-order valence-corrected chi connectivity index (χ1v) is 7.76. The van der Waals surface area contributed by atoms with E-state index in [1.165, 1.54) is 6.92 Å². The van der Waals surface area contributed by atoms with E-state index in [0.717, 1.165) is 17.5 Å². The molecule has 3 heterocycles. The minimum atomic E-state index is -0.852. The summed E-state index contributed by atoms with van der Waals surface area (Å²) in [7, 11) is 0. The number of primary amides is 1. The maximum atomic E-state index is 11.8. The highest BCUT2D eigenvalue weighted by molar-refractivity contribution is 5.80. The summed E-state index contributed by atoms with van der Waals surface area (Å²) in [5.41, 5.74) is 7.32. The number of nitrogens with two attached hydrogens (primary N) is 1. The molecule has 3 aliphatic heterocycles. The Kier molecular flexibility index (Phi) is 3.24. The Morgan fingerprint density at radius 1 is 1.46 bits per heavy atom. The summed E-state index contributed by atoms with van der Waals surface area (Å²) >= 11 is 0. The van der Waals surface area contributed by atoms with Crippen molar-refractivity contribution in [3.63, 3.8) is 0 Å². The smallest absolute Gasteiger partial charge is 0.404 e. The summed E-state index contributed by atoms with van der Waals surface area (Å²) in [6.07, 6.45) is -0.385. The molecule has 8 heteroatoms. The van der Waals surface area contributed by atoms with E-state index in [2.05, 4.69) is 0 Å². The molecular formula is C16H17N3O5. The topological polar surface area (TPSA) is 102 Å². The third-order valence-electron chi connectivity index (χ3n) is 4.95. The molecule has 0 spiro atoms. The third kappa shape index (κ3) is 2.14. The van der Waals surface area contributed by atoms with Crippen LogP contribution in [-0.4, -0.2) is 54.5 Å². The molecule has 24 heavy (non-hydrogen) atoms. The molecular weight excluding hydrogens is 314 g/mol. The Balaban J connectivity index is 1.73. The predicted octanol–water partition coefficient (Wildman–Crippen LogP) is 0.411. The number of anilines is 1. The maximum absolute atomic E-state index is 11.8. The van der Waals surface area contributed by atoms with Gasteiger partial charge in [-0.05, 0) is 11.6 Å². The molecule has 8 nitrogen and oxygen atoms in total. The SMILES string of the molecule is CC(=O)N1C2CN3OC(C(COC(N)=O)c4ccc(C=O)cc43)C21. The number of ether oxygens (including phenoxy) is 1. The Bertz CT molecular complexity index is 736. The summed E-state index contributed by atoms with van der Waals surface area (Å²) < 4.78 is 5.02. The number of benzene rings is 1. The largest absolute Gasteiger partial charge is 0.449 e. The summed E-state index contributed by atoms with van der Waals surface area (Å²) in [6, 6.07) is 5.36. The molecule has 0 aliphatic carbocycles. The number of aldehydes is 1. The van der Waals surface area contributed by atoms with Crippen LogP contribution in [0.15, 0.2) is 18.2 Å². The fourth-order valence-corrected chi connectivity index (χ4v) is 3.90. The Hall–Kier alpha value is -2.61. The Labute approximate surface area is 138 Å². The van der Waals surface area contributed by atoms with Crippen molar-refractivity contribution in [2.45, 2.75) is 31.0 Å². The second-order valence-corrected chi connectivity index (χ2v) is 6.29. The molecule has 4 unspecified atom stereocenters. The quantitative estimate of drug-likeness (QED) is 0.636.